The monoisotopic (exact) mass is 222 g/mol. The highest BCUT2D eigenvalue weighted by atomic mass is 31.2. The molecule has 1 rings (SSSR count). The fourth-order valence-corrected chi connectivity index (χ4v) is 1.57. The summed E-state index contributed by atoms with van der Waals surface area (Å²) >= 11 is 0. The molecule has 0 aliphatic carbocycles. The first-order valence-corrected chi connectivity index (χ1v) is 5.56. The molecule has 1 unspecified atom stereocenters. The molecule has 1 saturated heterocycles. The largest absolute Gasteiger partial charge is 0.472 e. The van der Waals surface area contributed by atoms with Gasteiger partial charge in [0.15, 0.2) is 0 Å². The van der Waals surface area contributed by atoms with Gasteiger partial charge in [0.25, 0.3) is 0 Å². The van der Waals surface area contributed by atoms with E-state index in [-0.39, 0.29) is 13.0 Å². The van der Waals surface area contributed by atoms with Crippen LogP contribution in [0.15, 0.2) is 0 Å². The predicted molar refractivity (Wildman–Crippen MR) is 47.8 cm³/mol. The van der Waals surface area contributed by atoms with Gasteiger partial charge in [0, 0.05) is 13.1 Å². The number of aliphatic hydroxyl groups excluding tert-OH is 1. The Morgan fingerprint density at radius 1 is 1.71 bits per heavy atom. The number of phosphoric ester groups is 1. The summed E-state index contributed by atoms with van der Waals surface area (Å²) in [5.74, 6) is 0. The maximum atomic E-state index is 10.9. The second kappa shape index (κ2) is 4.74. The van der Waals surface area contributed by atoms with Gasteiger partial charge in [-0.15, -0.1) is 0 Å². The van der Waals surface area contributed by atoms with E-state index in [1.807, 2.05) is 0 Å². The minimum atomic E-state index is -4.00. The molecule has 80 valence electrons. The van der Waals surface area contributed by atoms with E-state index in [0.29, 0.717) is 0 Å². The van der Waals surface area contributed by atoms with E-state index in [2.05, 4.69) is 9.05 Å². The van der Waals surface area contributed by atoms with E-state index in [0.717, 1.165) is 7.11 Å². The van der Waals surface area contributed by atoms with Crippen LogP contribution in [0.25, 0.3) is 0 Å². The van der Waals surface area contributed by atoms with Crippen molar-refractivity contribution < 1.29 is 28.3 Å². The summed E-state index contributed by atoms with van der Waals surface area (Å²) in [6, 6.07) is -0.556. The SMILES string of the molecule is [B][C@H]1C[C@H](O)[C@@H](COP(=O)(O)OC)O1. The zero-order valence-electron chi connectivity index (χ0n) is 7.70. The van der Waals surface area contributed by atoms with Crippen LogP contribution in [-0.4, -0.2) is 49.8 Å². The van der Waals surface area contributed by atoms with Crippen molar-refractivity contribution in [1.29, 1.82) is 0 Å². The van der Waals surface area contributed by atoms with E-state index in [9.17, 15) is 9.67 Å². The summed E-state index contributed by atoms with van der Waals surface area (Å²) in [7, 11) is 2.44. The summed E-state index contributed by atoms with van der Waals surface area (Å²) < 4.78 is 24.6. The molecule has 0 saturated carbocycles. The van der Waals surface area contributed by atoms with Gasteiger partial charge in [-0.05, 0) is 6.42 Å². The molecule has 0 bridgehead atoms. The van der Waals surface area contributed by atoms with E-state index in [1.54, 1.807) is 0 Å². The maximum Gasteiger partial charge on any atom is 0.472 e. The van der Waals surface area contributed by atoms with E-state index >= 15 is 0 Å². The Hall–Kier alpha value is 0.0949. The normalized spacial score (nSPS) is 36.9. The van der Waals surface area contributed by atoms with Crippen LogP contribution >= 0.6 is 7.82 Å². The van der Waals surface area contributed by atoms with Crippen LogP contribution in [0, 0.1) is 0 Å². The number of ether oxygens (including phenoxy) is 1. The molecule has 14 heavy (non-hydrogen) atoms. The Balaban J connectivity index is 2.35. The molecule has 1 aliphatic rings. The standard InChI is InChI=1S/C6H12BO6P/c1-11-14(9,10)12-3-5-4(8)2-6(7)13-5/h4-6,8H,2-3H2,1H3,(H,9,10)/t4-,5+,6+/m0/s1. The Kier molecular flexibility index (Phi) is 4.12. The summed E-state index contributed by atoms with van der Waals surface area (Å²) in [6.45, 7) is -0.226. The van der Waals surface area contributed by atoms with Gasteiger partial charge in [-0.2, -0.15) is 0 Å². The molecule has 2 radical (unpaired) electrons. The predicted octanol–water partition coefficient (Wildman–Crippen LogP) is -0.606. The minimum absolute atomic E-state index is 0.226. The second-order valence-electron chi connectivity index (χ2n) is 2.96. The van der Waals surface area contributed by atoms with Gasteiger partial charge < -0.3 is 14.7 Å². The van der Waals surface area contributed by atoms with E-state index < -0.39 is 26.0 Å². The molecule has 1 fully saturated rings. The van der Waals surface area contributed by atoms with Gasteiger partial charge in [-0.3, -0.25) is 9.05 Å². The van der Waals surface area contributed by atoms with Crippen LogP contribution in [0.3, 0.4) is 0 Å². The van der Waals surface area contributed by atoms with Crippen molar-refractivity contribution in [3.05, 3.63) is 0 Å². The lowest BCUT2D eigenvalue weighted by molar-refractivity contribution is -0.00557. The smallest absolute Gasteiger partial charge is 0.390 e. The molecule has 0 spiro atoms. The van der Waals surface area contributed by atoms with Gasteiger partial charge >= 0.3 is 7.82 Å². The molecule has 2 N–H and O–H groups in total. The average Bonchev–Trinajstić information content (AvgIpc) is 2.42. The summed E-state index contributed by atoms with van der Waals surface area (Å²) in [6.07, 6.45) is -1.17. The third-order valence-corrected chi connectivity index (χ3v) is 2.82. The van der Waals surface area contributed by atoms with Crippen LogP contribution in [0.5, 0.6) is 0 Å². The van der Waals surface area contributed by atoms with Crippen molar-refractivity contribution in [2.45, 2.75) is 24.6 Å². The summed E-state index contributed by atoms with van der Waals surface area (Å²) in [5, 5.41) is 9.33. The number of phosphoric acid groups is 1. The minimum Gasteiger partial charge on any atom is -0.390 e. The summed E-state index contributed by atoms with van der Waals surface area (Å²) in [4.78, 5) is 8.88. The van der Waals surface area contributed by atoms with Crippen molar-refractivity contribution >= 4 is 15.7 Å². The Bertz CT molecular complexity index is 236. The van der Waals surface area contributed by atoms with Gasteiger partial charge in [0.1, 0.15) is 14.0 Å². The molecule has 6 nitrogen and oxygen atoms in total. The lowest BCUT2D eigenvalue weighted by Gasteiger charge is -2.16. The van der Waals surface area contributed by atoms with Crippen molar-refractivity contribution in [2.75, 3.05) is 13.7 Å². The zero-order chi connectivity index (χ0) is 10.8. The molecule has 0 amide bonds. The molecular weight excluding hydrogens is 210 g/mol. The highest BCUT2D eigenvalue weighted by molar-refractivity contribution is 7.47. The first-order valence-electron chi connectivity index (χ1n) is 4.07. The molecule has 0 aromatic rings. The highest BCUT2D eigenvalue weighted by Crippen LogP contribution is 2.42. The second-order valence-corrected chi connectivity index (χ2v) is 4.52. The third kappa shape index (κ3) is 3.35. The Morgan fingerprint density at radius 2 is 2.36 bits per heavy atom. The Labute approximate surface area is 83.2 Å². The number of rotatable bonds is 4. The van der Waals surface area contributed by atoms with Crippen LogP contribution < -0.4 is 0 Å². The quantitative estimate of drug-likeness (QED) is 0.487. The molecule has 1 aliphatic heterocycles. The molecule has 8 heteroatoms. The lowest BCUT2D eigenvalue weighted by atomic mass is 9.96. The topological polar surface area (TPSA) is 85.2 Å². The van der Waals surface area contributed by atoms with Gasteiger partial charge in [-0.25, -0.2) is 4.57 Å². The first kappa shape index (κ1) is 12.2. The highest BCUT2D eigenvalue weighted by Gasteiger charge is 2.33. The molecule has 0 aromatic carbocycles. The fraction of sp³-hybridized carbons (Fsp3) is 1.00. The summed E-state index contributed by atoms with van der Waals surface area (Å²) in [5.41, 5.74) is 0. The third-order valence-electron chi connectivity index (χ3n) is 1.89. The van der Waals surface area contributed by atoms with Crippen LogP contribution in [0.1, 0.15) is 6.42 Å². The number of hydrogen-bond acceptors (Lipinski definition) is 5. The molecular formula is C6H12BO6P. The maximum absolute atomic E-state index is 10.9. The van der Waals surface area contributed by atoms with Crippen molar-refractivity contribution in [3.63, 3.8) is 0 Å². The Morgan fingerprint density at radius 3 is 2.79 bits per heavy atom. The number of hydrogen-bond donors (Lipinski definition) is 2. The first-order chi connectivity index (χ1) is 6.44. The molecule has 4 atom stereocenters. The van der Waals surface area contributed by atoms with E-state index in [4.69, 9.17) is 17.5 Å². The number of aliphatic hydroxyl groups is 1. The van der Waals surface area contributed by atoms with Gasteiger partial charge in [0.2, 0.25) is 0 Å². The lowest BCUT2D eigenvalue weighted by Crippen LogP contribution is -2.26. The molecule has 1 heterocycles. The van der Waals surface area contributed by atoms with Gasteiger partial charge in [0.05, 0.1) is 12.7 Å². The van der Waals surface area contributed by atoms with Crippen molar-refractivity contribution in [1.82, 2.24) is 0 Å². The van der Waals surface area contributed by atoms with E-state index in [1.165, 1.54) is 0 Å². The van der Waals surface area contributed by atoms with Crippen LogP contribution in [-0.2, 0) is 18.3 Å². The fourth-order valence-electron chi connectivity index (χ4n) is 1.13. The van der Waals surface area contributed by atoms with Crippen molar-refractivity contribution in [3.8, 4) is 0 Å². The average molecular weight is 222 g/mol. The zero-order valence-corrected chi connectivity index (χ0v) is 8.59. The van der Waals surface area contributed by atoms with Gasteiger partial charge in [-0.1, -0.05) is 0 Å². The van der Waals surface area contributed by atoms with Crippen LogP contribution in [0.2, 0.25) is 0 Å². The van der Waals surface area contributed by atoms with Crippen molar-refractivity contribution in [2.24, 2.45) is 0 Å². The molecule has 0 aromatic heterocycles. The van der Waals surface area contributed by atoms with Crippen LogP contribution in [0.4, 0.5) is 0 Å².